The minimum atomic E-state index is -3.72. The molecule has 1 saturated carbocycles. The van der Waals surface area contributed by atoms with Crippen LogP contribution in [0.15, 0.2) is 54.6 Å². The number of rotatable bonds is 10. The van der Waals surface area contributed by atoms with E-state index in [9.17, 15) is 18.0 Å². The summed E-state index contributed by atoms with van der Waals surface area (Å²) in [4.78, 5) is 28.1. The molecule has 0 radical (unpaired) electrons. The van der Waals surface area contributed by atoms with Gasteiger partial charge in [-0.2, -0.15) is 0 Å². The summed E-state index contributed by atoms with van der Waals surface area (Å²) in [6.45, 7) is 3.47. The molecule has 184 valence electrons. The number of carbonyl (C=O) groups excluding carboxylic acids is 2. The van der Waals surface area contributed by atoms with E-state index in [4.69, 9.17) is 0 Å². The Balaban J connectivity index is 1.82. The third-order valence-electron chi connectivity index (χ3n) is 6.42. The minimum absolute atomic E-state index is 0.139. The molecule has 0 heterocycles. The summed E-state index contributed by atoms with van der Waals surface area (Å²) in [7, 11) is -3.72. The number of carbonyl (C=O) groups is 2. The topological polar surface area (TPSA) is 86.8 Å². The van der Waals surface area contributed by atoms with Crippen molar-refractivity contribution in [3.63, 3.8) is 0 Å². The Bertz CT molecular complexity index is 1080. The summed E-state index contributed by atoms with van der Waals surface area (Å²) >= 11 is 0. The molecule has 8 heteroatoms. The molecule has 2 aromatic rings. The molecule has 0 spiro atoms. The van der Waals surface area contributed by atoms with Crippen LogP contribution >= 0.6 is 0 Å². The monoisotopic (exact) mass is 485 g/mol. The zero-order valence-electron chi connectivity index (χ0n) is 20.2. The number of anilines is 1. The van der Waals surface area contributed by atoms with E-state index in [2.05, 4.69) is 5.32 Å². The van der Waals surface area contributed by atoms with Crippen molar-refractivity contribution in [2.24, 2.45) is 0 Å². The van der Waals surface area contributed by atoms with Crippen molar-refractivity contribution in [3.05, 3.63) is 65.7 Å². The first kappa shape index (κ1) is 25.7. The van der Waals surface area contributed by atoms with Gasteiger partial charge in [-0.25, -0.2) is 8.42 Å². The van der Waals surface area contributed by atoms with E-state index in [1.165, 1.54) is 4.90 Å². The molecular formula is C26H35N3O4S. The lowest BCUT2D eigenvalue weighted by Gasteiger charge is -2.32. The maximum atomic E-state index is 13.5. The van der Waals surface area contributed by atoms with Crippen LogP contribution in [0.1, 0.15) is 43.7 Å². The second-order valence-corrected chi connectivity index (χ2v) is 11.0. The number of nitrogens with zero attached hydrogens (tertiary/aromatic N) is 2. The summed E-state index contributed by atoms with van der Waals surface area (Å²) in [5.74, 6) is -0.603. The van der Waals surface area contributed by atoms with Gasteiger partial charge in [-0.15, -0.1) is 0 Å². The summed E-state index contributed by atoms with van der Waals surface area (Å²) < 4.78 is 26.4. The zero-order chi connectivity index (χ0) is 24.7. The summed E-state index contributed by atoms with van der Waals surface area (Å²) in [5.41, 5.74) is 2.26. The highest BCUT2D eigenvalue weighted by atomic mass is 32.2. The number of sulfonamides is 1. The lowest BCUT2D eigenvalue weighted by Crippen LogP contribution is -2.53. The fourth-order valence-electron chi connectivity index (χ4n) is 4.40. The fraction of sp³-hybridized carbons (Fsp3) is 0.462. The van der Waals surface area contributed by atoms with Crippen LogP contribution in [-0.2, 0) is 26.0 Å². The molecule has 0 aromatic heterocycles. The van der Waals surface area contributed by atoms with Crippen LogP contribution in [0.25, 0.3) is 0 Å². The molecule has 2 amide bonds. The predicted octanol–water partition coefficient (Wildman–Crippen LogP) is 3.28. The molecule has 2 aromatic carbocycles. The first-order chi connectivity index (χ1) is 16.2. The van der Waals surface area contributed by atoms with E-state index >= 15 is 0 Å². The number of hydrogen-bond donors (Lipinski definition) is 1. The van der Waals surface area contributed by atoms with Crippen LogP contribution in [0.3, 0.4) is 0 Å². The molecular weight excluding hydrogens is 450 g/mol. The zero-order valence-corrected chi connectivity index (χ0v) is 21.1. The first-order valence-corrected chi connectivity index (χ1v) is 13.7. The van der Waals surface area contributed by atoms with E-state index in [1.54, 1.807) is 19.1 Å². The molecule has 0 unspecified atom stereocenters. The maximum Gasteiger partial charge on any atom is 0.244 e. The second-order valence-electron chi connectivity index (χ2n) is 9.04. The quantitative estimate of drug-likeness (QED) is 0.560. The van der Waals surface area contributed by atoms with Gasteiger partial charge >= 0.3 is 0 Å². The van der Waals surface area contributed by atoms with Crippen LogP contribution in [0, 0.1) is 6.92 Å². The Hall–Kier alpha value is -2.87. The van der Waals surface area contributed by atoms with Crippen molar-refractivity contribution < 1.29 is 18.0 Å². The van der Waals surface area contributed by atoms with Gasteiger partial charge in [0.1, 0.15) is 12.6 Å². The van der Waals surface area contributed by atoms with Crippen LogP contribution < -0.4 is 9.62 Å². The molecule has 1 atom stereocenters. The Morgan fingerprint density at radius 2 is 1.65 bits per heavy atom. The smallest absolute Gasteiger partial charge is 0.244 e. The van der Waals surface area contributed by atoms with Crippen molar-refractivity contribution in [3.8, 4) is 0 Å². The number of aryl methyl sites for hydroxylation is 1. The maximum absolute atomic E-state index is 13.5. The van der Waals surface area contributed by atoms with Gasteiger partial charge < -0.3 is 10.2 Å². The summed E-state index contributed by atoms with van der Waals surface area (Å²) in [6, 6.07) is 16.2. The van der Waals surface area contributed by atoms with Crippen molar-refractivity contribution in [2.45, 2.75) is 58.0 Å². The Labute approximate surface area is 203 Å². The SMILES string of the molecule is Cc1ccccc1N(CC(=O)N(CCc1ccccc1)[C@@H](C)C(=O)NC1CCCC1)S(C)(=O)=O. The number of amides is 2. The Morgan fingerprint density at radius 1 is 1.03 bits per heavy atom. The van der Waals surface area contributed by atoms with Gasteiger partial charge in [0.05, 0.1) is 11.9 Å². The third-order valence-corrected chi connectivity index (χ3v) is 7.54. The molecule has 0 bridgehead atoms. The van der Waals surface area contributed by atoms with E-state index in [0.717, 1.165) is 47.4 Å². The third kappa shape index (κ3) is 6.82. The number of para-hydroxylation sites is 1. The molecule has 0 saturated heterocycles. The molecule has 0 aliphatic heterocycles. The Morgan fingerprint density at radius 3 is 2.26 bits per heavy atom. The average Bonchev–Trinajstić information content (AvgIpc) is 3.31. The van der Waals surface area contributed by atoms with Crippen molar-refractivity contribution >= 4 is 27.5 Å². The van der Waals surface area contributed by atoms with Crippen molar-refractivity contribution in [1.29, 1.82) is 0 Å². The summed E-state index contributed by atoms with van der Waals surface area (Å²) in [5, 5.41) is 3.07. The lowest BCUT2D eigenvalue weighted by molar-refractivity contribution is -0.139. The van der Waals surface area contributed by atoms with E-state index < -0.39 is 22.0 Å². The van der Waals surface area contributed by atoms with Gasteiger partial charge in [0.2, 0.25) is 21.8 Å². The van der Waals surface area contributed by atoms with Crippen LogP contribution in [0.5, 0.6) is 0 Å². The van der Waals surface area contributed by atoms with E-state index in [-0.39, 0.29) is 18.5 Å². The van der Waals surface area contributed by atoms with Crippen molar-refractivity contribution in [2.75, 3.05) is 23.7 Å². The van der Waals surface area contributed by atoms with Gasteiger partial charge in [0, 0.05) is 12.6 Å². The number of hydrogen-bond acceptors (Lipinski definition) is 4. The normalized spacial score (nSPS) is 15.0. The van der Waals surface area contributed by atoms with Crippen molar-refractivity contribution in [1.82, 2.24) is 10.2 Å². The minimum Gasteiger partial charge on any atom is -0.352 e. The van der Waals surface area contributed by atoms with E-state index in [1.807, 2.05) is 49.4 Å². The molecule has 1 fully saturated rings. The average molecular weight is 486 g/mol. The Kier molecular flexibility index (Phi) is 8.72. The molecule has 1 aliphatic rings. The van der Waals surface area contributed by atoms with Crippen LogP contribution in [-0.4, -0.2) is 56.6 Å². The van der Waals surface area contributed by atoms with Gasteiger partial charge in [0.15, 0.2) is 0 Å². The van der Waals surface area contributed by atoms with Crippen LogP contribution in [0.4, 0.5) is 5.69 Å². The predicted molar refractivity (Wildman–Crippen MR) is 135 cm³/mol. The van der Waals surface area contributed by atoms with E-state index in [0.29, 0.717) is 18.7 Å². The highest BCUT2D eigenvalue weighted by Crippen LogP contribution is 2.23. The molecule has 1 N–H and O–H groups in total. The first-order valence-electron chi connectivity index (χ1n) is 11.8. The van der Waals surface area contributed by atoms with Gasteiger partial charge in [-0.05, 0) is 50.3 Å². The number of benzene rings is 2. The molecule has 7 nitrogen and oxygen atoms in total. The van der Waals surface area contributed by atoms with Gasteiger partial charge in [0.25, 0.3) is 0 Å². The van der Waals surface area contributed by atoms with Gasteiger partial charge in [-0.1, -0.05) is 61.4 Å². The highest BCUT2D eigenvalue weighted by molar-refractivity contribution is 7.92. The summed E-state index contributed by atoms with van der Waals surface area (Å²) in [6.07, 6.45) is 5.75. The van der Waals surface area contributed by atoms with Crippen LogP contribution in [0.2, 0.25) is 0 Å². The standard InChI is InChI=1S/C26H35N3O4S/c1-20-11-7-10-16-24(20)29(34(3,32)33)19-25(30)28(18-17-22-12-5-4-6-13-22)21(2)26(31)27-23-14-8-9-15-23/h4-7,10-13,16,21,23H,8-9,14-15,17-19H2,1-3H3,(H,27,31)/t21-/m0/s1. The fourth-order valence-corrected chi connectivity index (χ4v) is 5.31. The number of nitrogens with one attached hydrogen (secondary N) is 1. The molecule has 3 rings (SSSR count). The largest absolute Gasteiger partial charge is 0.352 e. The lowest BCUT2D eigenvalue weighted by atomic mass is 10.1. The molecule has 1 aliphatic carbocycles. The highest BCUT2D eigenvalue weighted by Gasteiger charge is 2.31. The molecule has 34 heavy (non-hydrogen) atoms. The van der Waals surface area contributed by atoms with Gasteiger partial charge in [-0.3, -0.25) is 13.9 Å². The second kappa shape index (κ2) is 11.5.